The number of ether oxygens (including phenoxy) is 2. The highest BCUT2D eigenvalue weighted by molar-refractivity contribution is 5.90. The molecular weight excluding hydrogens is 344 g/mol. The predicted octanol–water partition coefficient (Wildman–Crippen LogP) is 3.20. The molecule has 0 bridgehead atoms. The van der Waals surface area contributed by atoms with E-state index in [9.17, 15) is 4.79 Å². The van der Waals surface area contributed by atoms with E-state index in [1.807, 2.05) is 39.1 Å². The maximum atomic E-state index is 12.6. The molecule has 2 aromatic rings. The van der Waals surface area contributed by atoms with E-state index < -0.39 is 0 Å². The fraction of sp³-hybridized carbons (Fsp3) is 0.400. The number of pyridine rings is 1. The van der Waals surface area contributed by atoms with Crippen molar-refractivity contribution in [2.75, 3.05) is 44.6 Å². The van der Waals surface area contributed by atoms with Crippen LogP contribution in [0.15, 0.2) is 24.4 Å². The minimum atomic E-state index is -0.199. The molecule has 0 saturated heterocycles. The molecule has 2 heterocycles. The molecule has 1 aliphatic rings. The number of urea groups is 1. The molecule has 2 amide bonds. The van der Waals surface area contributed by atoms with Gasteiger partial charge in [-0.3, -0.25) is 4.98 Å². The number of anilines is 2. The molecule has 144 valence electrons. The molecule has 0 fully saturated rings. The van der Waals surface area contributed by atoms with Crippen molar-refractivity contribution in [1.82, 2.24) is 9.88 Å². The van der Waals surface area contributed by atoms with Crippen molar-refractivity contribution in [1.29, 1.82) is 0 Å². The van der Waals surface area contributed by atoms with Crippen LogP contribution in [0.3, 0.4) is 0 Å². The first-order chi connectivity index (χ1) is 12.9. The number of carbonyl (C=O) groups excluding carboxylic acids is 1. The Morgan fingerprint density at radius 3 is 2.93 bits per heavy atom. The Labute approximate surface area is 159 Å². The van der Waals surface area contributed by atoms with Crippen LogP contribution in [-0.4, -0.2) is 50.3 Å². The van der Waals surface area contributed by atoms with Gasteiger partial charge in [-0.25, -0.2) is 4.79 Å². The number of carbonyl (C=O) groups is 1. The average Bonchev–Trinajstić information content (AvgIpc) is 2.65. The zero-order chi connectivity index (χ0) is 19.6. The number of hydrogen-bond donors (Lipinski definition) is 1. The largest absolute Gasteiger partial charge is 0.496 e. The van der Waals surface area contributed by atoms with E-state index in [0.717, 1.165) is 46.2 Å². The van der Waals surface area contributed by atoms with E-state index in [1.54, 1.807) is 25.3 Å². The SMILES string of the molecule is COc1c(C)cnc(CN(C)C(=O)Nc2ccc3c(c2)N(C)CCO3)c1C. The van der Waals surface area contributed by atoms with Crippen molar-refractivity contribution in [3.8, 4) is 11.5 Å². The number of amides is 2. The smallest absolute Gasteiger partial charge is 0.321 e. The van der Waals surface area contributed by atoms with Crippen LogP contribution in [0.5, 0.6) is 11.5 Å². The number of aryl methyl sites for hydroxylation is 1. The number of aromatic nitrogens is 1. The van der Waals surface area contributed by atoms with E-state index in [1.165, 1.54) is 0 Å². The Kier molecular flexibility index (Phi) is 5.39. The zero-order valence-electron chi connectivity index (χ0n) is 16.5. The maximum absolute atomic E-state index is 12.6. The second-order valence-electron chi connectivity index (χ2n) is 6.78. The number of rotatable bonds is 4. The summed E-state index contributed by atoms with van der Waals surface area (Å²) < 4.78 is 11.1. The third kappa shape index (κ3) is 3.92. The molecule has 1 aromatic carbocycles. The fourth-order valence-corrected chi connectivity index (χ4v) is 3.17. The molecule has 0 aliphatic carbocycles. The minimum absolute atomic E-state index is 0.199. The van der Waals surface area contributed by atoms with Crippen LogP contribution in [0.25, 0.3) is 0 Å². The summed E-state index contributed by atoms with van der Waals surface area (Å²) in [4.78, 5) is 20.8. The molecule has 0 saturated carbocycles. The van der Waals surface area contributed by atoms with Gasteiger partial charge in [0.1, 0.15) is 18.1 Å². The molecule has 1 aliphatic heterocycles. The Morgan fingerprint density at radius 1 is 1.41 bits per heavy atom. The van der Waals surface area contributed by atoms with Crippen LogP contribution in [0.1, 0.15) is 16.8 Å². The van der Waals surface area contributed by atoms with Crippen molar-refractivity contribution in [3.05, 3.63) is 41.2 Å². The summed E-state index contributed by atoms with van der Waals surface area (Å²) in [5.41, 5.74) is 4.45. The van der Waals surface area contributed by atoms with Gasteiger partial charge < -0.3 is 24.6 Å². The lowest BCUT2D eigenvalue weighted by Crippen LogP contribution is -2.32. The number of likely N-dealkylation sites (N-methyl/N-ethyl adjacent to an activating group) is 1. The van der Waals surface area contributed by atoms with Crippen LogP contribution in [0, 0.1) is 13.8 Å². The number of methoxy groups -OCH3 is 1. The van der Waals surface area contributed by atoms with Gasteiger partial charge in [0.05, 0.1) is 31.6 Å². The molecule has 1 aromatic heterocycles. The van der Waals surface area contributed by atoms with Crippen LogP contribution < -0.4 is 19.7 Å². The quantitative estimate of drug-likeness (QED) is 0.895. The van der Waals surface area contributed by atoms with E-state index in [2.05, 4.69) is 15.2 Å². The first-order valence-corrected chi connectivity index (χ1v) is 8.90. The normalized spacial score (nSPS) is 12.9. The predicted molar refractivity (Wildman–Crippen MR) is 106 cm³/mol. The van der Waals surface area contributed by atoms with Gasteiger partial charge in [0, 0.05) is 37.1 Å². The maximum Gasteiger partial charge on any atom is 0.321 e. The Hall–Kier alpha value is -2.96. The van der Waals surface area contributed by atoms with Crippen molar-refractivity contribution in [2.24, 2.45) is 0 Å². The van der Waals surface area contributed by atoms with Gasteiger partial charge in [-0.05, 0) is 32.0 Å². The standard InChI is InChI=1S/C20H26N4O3/c1-13-11-21-16(14(2)19(13)26-5)12-24(4)20(25)22-15-6-7-18-17(10-15)23(3)8-9-27-18/h6-7,10-11H,8-9,12H2,1-5H3,(H,22,25). The summed E-state index contributed by atoms with van der Waals surface area (Å²) >= 11 is 0. The summed E-state index contributed by atoms with van der Waals surface area (Å²) in [6.45, 7) is 5.80. The summed E-state index contributed by atoms with van der Waals surface area (Å²) in [7, 11) is 5.40. The number of fused-ring (bicyclic) bond motifs is 1. The summed E-state index contributed by atoms with van der Waals surface area (Å²) in [6, 6.07) is 5.47. The fourth-order valence-electron chi connectivity index (χ4n) is 3.17. The molecule has 7 heteroatoms. The topological polar surface area (TPSA) is 66.9 Å². The lowest BCUT2D eigenvalue weighted by Gasteiger charge is -2.28. The molecule has 3 rings (SSSR count). The van der Waals surface area contributed by atoms with E-state index >= 15 is 0 Å². The highest BCUT2D eigenvalue weighted by Gasteiger charge is 2.18. The number of hydrogen-bond acceptors (Lipinski definition) is 5. The second-order valence-corrected chi connectivity index (χ2v) is 6.78. The van der Waals surface area contributed by atoms with Gasteiger partial charge in [0.25, 0.3) is 0 Å². The average molecular weight is 370 g/mol. The van der Waals surface area contributed by atoms with Gasteiger partial charge >= 0.3 is 6.03 Å². The zero-order valence-corrected chi connectivity index (χ0v) is 16.5. The van der Waals surface area contributed by atoms with Gasteiger partial charge in [0.15, 0.2) is 0 Å². The Bertz CT molecular complexity index is 853. The van der Waals surface area contributed by atoms with Crippen molar-refractivity contribution in [3.63, 3.8) is 0 Å². The Morgan fingerprint density at radius 2 is 2.19 bits per heavy atom. The molecule has 7 nitrogen and oxygen atoms in total. The Balaban J connectivity index is 1.71. The molecule has 0 radical (unpaired) electrons. The minimum Gasteiger partial charge on any atom is -0.496 e. The monoisotopic (exact) mass is 370 g/mol. The highest BCUT2D eigenvalue weighted by atomic mass is 16.5. The van der Waals surface area contributed by atoms with Crippen LogP contribution in [0.2, 0.25) is 0 Å². The third-order valence-electron chi connectivity index (χ3n) is 4.79. The number of nitrogens with zero attached hydrogens (tertiary/aromatic N) is 3. The van der Waals surface area contributed by atoms with Gasteiger partial charge in [-0.1, -0.05) is 0 Å². The number of benzene rings is 1. The highest BCUT2D eigenvalue weighted by Crippen LogP contribution is 2.33. The molecular formula is C20H26N4O3. The van der Waals surface area contributed by atoms with Crippen LogP contribution in [0.4, 0.5) is 16.2 Å². The summed E-state index contributed by atoms with van der Waals surface area (Å²) in [6.07, 6.45) is 1.77. The van der Waals surface area contributed by atoms with Gasteiger partial charge in [0.2, 0.25) is 0 Å². The first-order valence-electron chi connectivity index (χ1n) is 8.90. The third-order valence-corrected chi connectivity index (χ3v) is 4.79. The molecule has 0 atom stereocenters. The van der Waals surface area contributed by atoms with Crippen molar-refractivity contribution < 1.29 is 14.3 Å². The molecule has 0 spiro atoms. The first kappa shape index (κ1) is 18.8. The number of nitrogens with one attached hydrogen (secondary N) is 1. The molecule has 27 heavy (non-hydrogen) atoms. The lowest BCUT2D eigenvalue weighted by molar-refractivity contribution is 0.220. The summed E-state index contributed by atoms with van der Waals surface area (Å²) in [5.74, 6) is 1.65. The lowest BCUT2D eigenvalue weighted by atomic mass is 10.1. The van der Waals surface area contributed by atoms with E-state index in [-0.39, 0.29) is 6.03 Å². The van der Waals surface area contributed by atoms with Crippen molar-refractivity contribution >= 4 is 17.4 Å². The van der Waals surface area contributed by atoms with Crippen LogP contribution >= 0.6 is 0 Å². The van der Waals surface area contributed by atoms with Gasteiger partial charge in [-0.2, -0.15) is 0 Å². The summed E-state index contributed by atoms with van der Waals surface area (Å²) in [5, 5.41) is 2.94. The van der Waals surface area contributed by atoms with Crippen LogP contribution in [-0.2, 0) is 6.54 Å². The second kappa shape index (κ2) is 7.73. The van der Waals surface area contributed by atoms with E-state index in [0.29, 0.717) is 13.2 Å². The van der Waals surface area contributed by atoms with E-state index in [4.69, 9.17) is 9.47 Å². The van der Waals surface area contributed by atoms with Crippen molar-refractivity contribution in [2.45, 2.75) is 20.4 Å². The molecule has 1 N–H and O–H groups in total. The molecule has 0 unspecified atom stereocenters. The van der Waals surface area contributed by atoms with Gasteiger partial charge in [-0.15, -0.1) is 0 Å².